The van der Waals surface area contributed by atoms with Crippen molar-refractivity contribution >= 4 is 71.4 Å². The Balaban J connectivity index is 1.01. The molecule has 62 heavy (non-hydrogen) atoms. The zero-order valence-electron chi connectivity index (χ0n) is 33.8. The normalized spacial score (nSPS) is 13.8. The summed E-state index contributed by atoms with van der Waals surface area (Å²) >= 11 is 0. The van der Waals surface area contributed by atoms with Crippen LogP contribution in [-0.4, -0.2) is 19.1 Å². The first-order valence-electron chi connectivity index (χ1n) is 21.4. The molecular weight excluding hydrogens is 753 g/mol. The van der Waals surface area contributed by atoms with E-state index >= 15 is 0 Å². The molecule has 0 N–H and O–H groups in total. The van der Waals surface area contributed by atoms with Gasteiger partial charge in [-0.2, -0.15) is 0 Å². The zero-order valence-corrected chi connectivity index (χ0v) is 33.8. The van der Waals surface area contributed by atoms with Gasteiger partial charge in [0.15, 0.2) is 0 Å². The van der Waals surface area contributed by atoms with E-state index in [1.165, 1.54) is 60.2 Å². The molecule has 13 rings (SSSR count). The highest BCUT2D eigenvalue weighted by Crippen LogP contribution is 2.43. The number of hydrogen-bond donors (Lipinski definition) is 0. The number of nitrogens with zero attached hydrogens (tertiary/aromatic N) is 4. The molecule has 290 valence electrons. The van der Waals surface area contributed by atoms with Gasteiger partial charge < -0.3 is 4.57 Å². The second-order valence-electron chi connectivity index (χ2n) is 16.5. The van der Waals surface area contributed by atoms with E-state index in [0.717, 1.165) is 56.3 Å². The van der Waals surface area contributed by atoms with E-state index in [-0.39, 0.29) is 0 Å². The van der Waals surface area contributed by atoms with Gasteiger partial charge in [0.2, 0.25) is 5.95 Å². The molecule has 0 saturated heterocycles. The van der Waals surface area contributed by atoms with Crippen LogP contribution in [0, 0.1) is 0 Å². The molecule has 1 atom stereocenters. The van der Waals surface area contributed by atoms with Gasteiger partial charge in [-0.05, 0) is 87.5 Å². The van der Waals surface area contributed by atoms with Crippen molar-refractivity contribution in [1.82, 2.24) is 19.1 Å². The van der Waals surface area contributed by atoms with E-state index in [1.807, 2.05) is 0 Å². The molecule has 1 unspecified atom stereocenters. The van der Waals surface area contributed by atoms with Crippen molar-refractivity contribution in [2.24, 2.45) is 0 Å². The number of hydrogen-bond acceptors (Lipinski definition) is 2. The zero-order chi connectivity index (χ0) is 40.7. The number of para-hydroxylation sites is 4. The average molecular weight is 791 g/mol. The Morgan fingerprint density at radius 1 is 0.435 bits per heavy atom. The van der Waals surface area contributed by atoms with Gasteiger partial charge in [0.05, 0.1) is 33.3 Å². The van der Waals surface area contributed by atoms with E-state index in [2.05, 4.69) is 221 Å². The lowest BCUT2D eigenvalue weighted by Gasteiger charge is -2.20. The fourth-order valence-corrected chi connectivity index (χ4v) is 10.2. The summed E-state index contributed by atoms with van der Waals surface area (Å²) in [5.41, 5.74) is 14.9. The van der Waals surface area contributed by atoms with Gasteiger partial charge in [0, 0.05) is 44.1 Å². The van der Waals surface area contributed by atoms with Crippen LogP contribution in [0.3, 0.4) is 0 Å². The molecule has 0 fully saturated rings. The number of benzene rings is 9. The Bertz CT molecular complexity index is 3780. The van der Waals surface area contributed by atoms with Crippen LogP contribution in [0.5, 0.6) is 0 Å². The molecule has 0 aliphatic heterocycles. The Morgan fingerprint density at radius 3 is 1.92 bits per heavy atom. The van der Waals surface area contributed by atoms with Gasteiger partial charge in [0.25, 0.3) is 0 Å². The fraction of sp³-hybridized carbons (Fsp3) is 0.0345. The first-order valence-corrected chi connectivity index (χ1v) is 21.4. The number of fused-ring (bicyclic) bond motifs is 10. The molecule has 3 aromatic heterocycles. The van der Waals surface area contributed by atoms with E-state index < -0.39 is 0 Å². The third kappa shape index (κ3) is 5.33. The number of aromatic nitrogens is 4. The maximum atomic E-state index is 5.48. The second-order valence-corrected chi connectivity index (χ2v) is 16.5. The molecule has 3 heterocycles. The van der Waals surface area contributed by atoms with Crippen LogP contribution in [0.4, 0.5) is 0 Å². The molecule has 0 radical (unpaired) electrons. The molecule has 4 nitrogen and oxygen atoms in total. The first-order chi connectivity index (χ1) is 30.7. The predicted molar refractivity (Wildman–Crippen MR) is 259 cm³/mol. The SMILES string of the molecule is C1=CC(c2ccc(-c3nc(-n4c5ccccc5c5ccc(-c6cc7c(c8ccccc68)c6ccccc6n7-c6ccccc6)cc54)nc4ccccc34)cc2)Cc2ccccc21. The average Bonchev–Trinajstić information content (AvgIpc) is 3.86. The number of allylic oxidation sites excluding steroid dienone is 1. The summed E-state index contributed by atoms with van der Waals surface area (Å²) in [6.07, 6.45) is 5.61. The molecule has 0 saturated carbocycles. The van der Waals surface area contributed by atoms with Gasteiger partial charge in [-0.3, -0.25) is 4.57 Å². The summed E-state index contributed by atoms with van der Waals surface area (Å²) in [7, 11) is 0. The van der Waals surface area contributed by atoms with Crippen molar-refractivity contribution in [2.75, 3.05) is 0 Å². The largest absolute Gasteiger partial charge is 0.309 e. The molecule has 4 heteroatoms. The summed E-state index contributed by atoms with van der Waals surface area (Å²) in [4.78, 5) is 10.8. The summed E-state index contributed by atoms with van der Waals surface area (Å²) in [6, 6.07) is 72.5. The van der Waals surface area contributed by atoms with Gasteiger partial charge >= 0.3 is 0 Å². The fourth-order valence-electron chi connectivity index (χ4n) is 10.2. The molecule has 12 aromatic rings. The topological polar surface area (TPSA) is 35.6 Å². The third-order valence-electron chi connectivity index (χ3n) is 13.1. The van der Waals surface area contributed by atoms with Crippen LogP contribution in [-0.2, 0) is 6.42 Å². The summed E-state index contributed by atoms with van der Waals surface area (Å²) in [5, 5.41) is 8.35. The van der Waals surface area contributed by atoms with Crippen LogP contribution < -0.4 is 0 Å². The van der Waals surface area contributed by atoms with E-state index in [0.29, 0.717) is 11.9 Å². The van der Waals surface area contributed by atoms with Crippen LogP contribution in [0.2, 0.25) is 0 Å². The Hall–Kier alpha value is -8.08. The monoisotopic (exact) mass is 790 g/mol. The standard InChI is InChI=1S/C58H38N4/c1-2-16-43(17-3-1)61-53-25-13-10-22-49(53)56-47-20-7-6-18-44(47)50(36-55(56)61)42-32-33-46-45-19-9-12-24-52(45)62(54(46)35-42)58-59-51-23-11-8-21-48(51)57(60-58)39-29-26-38(27-30-39)41-31-28-37-14-4-5-15-40(37)34-41/h1-33,35-36,41H,34H2. The first kappa shape index (κ1) is 34.8. The molecule has 0 bridgehead atoms. The van der Waals surface area contributed by atoms with E-state index in [1.54, 1.807) is 0 Å². The van der Waals surface area contributed by atoms with Crippen LogP contribution in [0.25, 0.3) is 105 Å². The molecule has 0 amide bonds. The van der Waals surface area contributed by atoms with Crippen molar-refractivity contribution < 1.29 is 0 Å². The van der Waals surface area contributed by atoms with Gasteiger partial charge in [-0.25, -0.2) is 9.97 Å². The summed E-state index contributed by atoms with van der Waals surface area (Å²) in [6.45, 7) is 0. The molecule has 0 spiro atoms. The van der Waals surface area contributed by atoms with Crippen LogP contribution >= 0.6 is 0 Å². The van der Waals surface area contributed by atoms with Crippen LogP contribution in [0.15, 0.2) is 206 Å². The molecular formula is C58H38N4. The quantitative estimate of drug-likeness (QED) is 0.174. The highest BCUT2D eigenvalue weighted by Gasteiger charge is 2.22. The smallest absolute Gasteiger partial charge is 0.235 e. The highest BCUT2D eigenvalue weighted by atomic mass is 15.2. The maximum Gasteiger partial charge on any atom is 0.235 e. The van der Waals surface area contributed by atoms with E-state index in [4.69, 9.17) is 9.97 Å². The lowest BCUT2D eigenvalue weighted by molar-refractivity contribution is 0.827. The van der Waals surface area contributed by atoms with Gasteiger partial charge in [-0.15, -0.1) is 0 Å². The predicted octanol–water partition coefficient (Wildman–Crippen LogP) is 14.7. The van der Waals surface area contributed by atoms with E-state index in [9.17, 15) is 0 Å². The maximum absolute atomic E-state index is 5.48. The lowest BCUT2D eigenvalue weighted by atomic mass is 9.85. The highest BCUT2D eigenvalue weighted by molar-refractivity contribution is 6.24. The van der Waals surface area contributed by atoms with Crippen molar-refractivity contribution in [3.63, 3.8) is 0 Å². The minimum Gasteiger partial charge on any atom is -0.309 e. The van der Waals surface area contributed by atoms with Crippen molar-refractivity contribution in [3.8, 4) is 34.0 Å². The summed E-state index contributed by atoms with van der Waals surface area (Å²) in [5.74, 6) is 0.991. The Labute approximate surface area is 358 Å². The number of rotatable bonds is 5. The minimum absolute atomic E-state index is 0.336. The van der Waals surface area contributed by atoms with Crippen LogP contribution in [0.1, 0.15) is 22.6 Å². The third-order valence-corrected chi connectivity index (χ3v) is 13.1. The van der Waals surface area contributed by atoms with Crippen molar-refractivity contribution in [1.29, 1.82) is 0 Å². The summed E-state index contributed by atoms with van der Waals surface area (Å²) < 4.78 is 4.68. The Morgan fingerprint density at radius 2 is 1.08 bits per heavy atom. The molecule has 9 aromatic carbocycles. The lowest BCUT2D eigenvalue weighted by Crippen LogP contribution is -2.06. The second kappa shape index (κ2) is 13.7. The van der Waals surface area contributed by atoms with Gasteiger partial charge in [-0.1, -0.05) is 170 Å². The van der Waals surface area contributed by atoms with Gasteiger partial charge in [0.1, 0.15) is 0 Å². The molecule has 1 aliphatic carbocycles. The minimum atomic E-state index is 0.336. The van der Waals surface area contributed by atoms with Crippen molar-refractivity contribution in [2.45, 2.75) is 12.3 Å². The Kier molecular flexibility index (Phi) is 7.70. The molecule has 1 aliphatic rings. The van der Waals surface area contributed by atoms with Crippen molar-refractivity contribution in [3.05, 3.63) is 223 Å².